The SMILES string of the molecule is CCC(=O)Oc1cccc(C#CCN2CCSc3ccccc32)c1Nc1ccccc1C(=O)c1ccccc1. The fourth-order valence-corrected chi connectivity index (χ4v) is 5.39. The van der Waals surface area contributed by atoms with Crippen molar-refractivity contribution < 1.29 is 14.3 Å². The summed E-state index contributed by atoms with van der Waals surface area (Å²) in [4.78, 5) is 29.1. The molecule has 0 aromatic heterocycles. The van der Waals surface area contributed by atoms with Gasteiger partial charge in [0.2, 0.25) is 0 Å². The second-order valence-corrected chi connectivity index (χ2v) is 10.0. The van der Waals surface area contributed by atoms with Crippen molar-refractivity contribution in [1.29, 1.82) is 0 Å². The lowest BCUT2D eigenvalue weighted by Crippen LogP contribution is -2.29. The molecule has 39 heavy (non-hydrogen) atoms. The number of rotatable bonds is 7. The molecule has 4 aromatic rings. The Hall–Kier alpha value is -4.47. The molecule has 0 saturated carbocycles. The monoisotopic (exact) mass is 532 g/mol. The van der Waals surface area contributed by atoms with Gasteiger partial charge in [0.1, 0.15) is 0 Å². The van der Waals surface area contributed by atoms with Crippen LogP contribution < -0.4 is 15.0 Å². The first kappa shape index (κ1) is 26.1. The largest absolute Gasteiger partial charge is 0.424 e. The molecule has 0 bridgehead atoms. The number of nitrogens with one attached hydrogen (secondary N) is 1. The zero-order chi connectivity index (χ0) is 27.0. The molecule has 0 radical (unpaired) electrons. The molecule has 0 fully saturated rings. The highest BCUT2D eigenvalue weighted by atomic mass is 32.2. The molecular formula is C33H28N2O3S. The average molecular weight is 533 g/mol. The maximum absolute atomic E-state index is 13.3. The predicted molar refractivity (Wildman–Crippen MR) is 158 cm³/mol. The Kier molecular flexibility index (Phi) is 8.30. The number of hydrogen-bond acceptors (Lipinski definition) is 6. The van der Waals surface area contributed by atoms with Gasteiger partial charge in [-0.3, -0.25) is 9.59 Å². The Balaban J connectivity index is 1.48. The van der Waals surface area contributed by atoms with Crippen LogP contribution in [-0.4, -0.2) is 30.6 Å². The zero-order valence-corrected chi connectivity index (χ0v) is 22.5. The van der Waals surface area contributed by atoms with Crippen molar-refractivity contribution in [2.45, 2.75) is 18.2 Å². The highest BCUT2D eigenvalue weighted by Gasteiger charge is 2.18. The molecule has 1 aliphatic rings. The van der Waals surface area contributed by atoms with E-state index >= 15 is 0 Å². The molecule has 4 aromatic carbocycles. The summed E-state index contributed by atoms with van der Waals surface area (Å²) in [6.07, 6.45) is 0.241. The molecule has 0 aliphatic carbocycles. The maximum atomic E-state index is 13.3. The first-order valence-electron chi connectivity index (χ1n) is 12.9. The third-order valence-corrected chi connectivity index (χ3v) is 7.37. The van der Waals surface area contributed by atoms with E-state index < -0.39 is 0 Å². The number of para-hydroxylation sites is 3. The minimum Gasteiger partial charge on any atom is -0.424 e. The molecule has 5 rings (SSSR count). The van der Waals surface area contributed by atoms with Crippen LogP contribution in [0.2, 0.25) is 0 Å². The number of carbonyl (C=O) groups excluding carboxylic acids is 2. The van der Waals surface area contributed by atoms with E-state index in [0.717, 1.165) is 12.3 Å². The third-order valence-electron chi connectivity index (χ3n) is 6.32. The van der Waals surface area contributed by atoms with Crippen molar-refractivity contribution in [2.75, 3.05) is 29.1 Å². The van der Waals surface area contributed by atoms with E-state index in [-0.39, 0.29) is 18.2 Å². The number of esters is 1. The number of ketones is 1. The second-order valence-electron chi connectivity index (χ2n) is 8.91. The van der Waals surface area contributed by atoms with E-state index in [1.54, 1.807) is 31.2 Å². The topological polar surface area (TPSA) is 58.6 Å². The summed E-state index contributed by atoms with van der Waals surface area (Å²) >= 11 is 1.86. The van der Waals surface area contributed by atoms with Gasteiger partial charge in [-0.1, -0.05) is 79.4 Å². The van der Waals surface area contributed by atoms with Crippen molar-refractivity contribution in [1.82, 2.24) is 0 Å². The van der Waals surface area contributed by atoms with Gasteiger partial charge in [-0.05, 0) is 36.4 Å². The number of hydrogen-bond donors (Lipinski definition) is 1. The normalized spacial score (nSPS) is 12.1. The van der Waals surface area contributed by atoms with Crippen molar-refractivity contribution in [3.05, 3.63) is 114 Å². The minimum atomic E-state index is -0.348. The van der Waals surface area contributed by atoms with Gasteiger partial charge in [0.05, 0.1) is 23.5 Å². The smallest absolute Gasteiger partial charge is 0.310 e. The van der Waals surface area contributed by atoms with Crippen LogP contribution in [0.4, 0.5) is 17.1 Å². The van der Waals surface area contributed by atoms with Crippen LogP contribution in [-0.2, 0) is 4.79 Å². The summed E-state index contributed by atoms with van der Waals surface area (Å²) in [6, 6.07) is 30.3. The fourth-order valence-electron chi connectivity index (χ4n) is 4.34. The minimum absolute atomic E-state index is 0.101. The van der Waals surface area contributed by atoms with Crippen LogP contribution in [0, 0.1) is 11.8 Å². The standard InChI is InChI=1S/C33H28N2O3S/c1-2-31(36)38-29-19-10-14-24(15-11-21-35-22-23-39-30-20-9-8-18-28(30)35)32(29)34-27-17-7-6-16-26(27)33(37)25-12-4-3-5-13-25/h3-10,12-14,16-20,34H,2,21-23H2,1H3. The van der Waals surface area contributed by atoms with Crippen LogP contribution in [0.15, 0.2) is 102 Å². The first-order valence-corrected chi connectivity index (χ1v) is 13.9. The van der Waals surface area contributed by atoms with Gasteiger partial charge < -0.3 is 15.0 Å². The zero-order valence-electron chi connectivity index (χ0n) is 21.6. The van der Waals surface area contributed by atoms with Gasteiger partial charge in [-0.15, -0.1) is 11.8 Å². The number of benzene rings is 4. The number of thioether (sulfide) groups is 1. The molecule has 1 N–H and O–H groups in total. The lowest BCUT2D eigenvalue weighted by molar-refractivity contribution is -0.133. The Morgan fingerprint density at radius 1 is 0.923 bits per heavy atom. The van der Waals surface area contributed by atoms with E-state index in [4.69, 9.17) is 4.74 Å². The van der Waals surface area contributed by atoms with Gasteiger partial charge in [-0.25, -0.2) is 0 Å². The first-order chi connectivity index (χ1) is 19.1. The number of fused-ring (bicyclic) bond motifs is 1. The quantitative estimate of drug-likeness (QED) is 0.120. The van der Waals surface area contributed by atoms with Gasteiger partial charge in [0.15, 0.2) is 11.5 Å². The molecule has 0 atom stereocenters. The average Bonchev–Trinajstić information content (AvgIpc) is 2.99. The van der Waals surface area contributed by atoms with E-state index in [1.165, 1.54) is 10.6 Å². The molecule has 6 heteroatoms. The predicted octanol–water partition coefficient (Wildman–Crippen LogP) is 6.94. The lowest BCUT2D eigenvalue weighted by Gasteiger charge is -2.28. The summed E-state index contributed by atoms with van der Waals surface area (Å²) in [5, 5.41) is 3.38. The Bertz CT molecular complexity index is 1560. The van der Waals surface area contributed by atoms with Crippen LogP contribution in [0.5, 0.6) is 5.75 Å². The Morgan fingerprint density at radius 2 is 1.69 bits per heavy atom. The molecule has 5 nitrogen and oxygen atoms in total. The van der Waals surface area contributed by atoms with Gasteiger partial charge in [-0.2, -0.15) is 0 Å². The van der Waals surface area contributed by atoms with E-state index in [9.17, 15) is 9.59 Å². The van der Waals surface area contributed by atoms with Crippen LogP contribution in [0.1, 0.15) is 34.8 Å². The molecule has 1 aliphatic heterocycles. The van der Waals surface area contributed by atoms with E-state index in [0.29, 0.717) is 40.4 Å². The Morgan fingerprint density at radius 3 is 2.54 bits per heavy atom. The highest BCUT2D eigenvalue weighted by Crippen LogP contribution is 2.35. The Labute approximate surface area is 233 Å². The summed E-state index contributed by atoms with van der Waals surface area (Å²) in [5.74, 6) is 7.54. The molecule has 0 saturated heterocycles. The number of ether oxygens (including phenoxy) is 1. The van der Waals surface area contributed by atoms with E-state index in [2.05, 4.69) is 40.3 Å². The van der Waals surface area contributed by atoms with Gasteiger partial charge in [0.25, 0.3) is 0 Å². The van der Waals surface area contributed by atoms with Crippen LogP contribution in [0.3, 0.4) is 0 Å². The summed E-state index contributed by atoms with van der Waals surface area (Å²) in [6.45, 7) is 3.24. The van der Waals surface area contributed by atoms with Crippen molar-refractivity contribution in [3.8, 4) is 17.6 Å². The van der Waals surface area contributed by atoms with Crippen molar-refractivity contribution >= 4 is 40.6 Å². The number of anilines is 3. The lowest BCUT2D eigenvalue weighted by atomic mass is 10.0. The van der Waals surface area contributed by atoms with Crippen molar-refractivity contribution in [2.24, 2.45) is 0 Å². The molecule has 1 heterocycles. The summed E-state index contributed by atoms with van der Waals surface area (Å²) in [5.41, 5.74) is 4.14. The van der Waals surface area contributed by atoms with Gasteiger partial charge in [0, 0.05) is 40.4 Å². The molecule has 0 amide bonds. The summed E-state index contributed by atoms with van der Waals surface area (Å²) in [7, 11) is 0. The maximum Gasteiger partial charge on any atom is 0.310 e. The van der Waals surface area contributed by atoms with Crippen LogP contribution in [0.25, 0.3) is 0 Å². The number of nitrogens with zero attached hydrogens (tertiary/aromatic N) is 1. The molecule has 0 unspecified atom stereocenters. The molecular weight excluding hydrogens is 504 g/mol. The molecule has 194 valence electrons. The molecule has 0 spiro atoms. The highest BCUT2D eigenvalue weighted by molar-refractivity contribution is 7.99. The van der Waals surface area contributed by atoms with Gasteiger partial charge >= 0.3 is 5.97 Å². The van der Waals surface area contributed by atoms with E-state index in [1.807, 2.05) is 66.4 Å². The third kappa shape index (κ3) is 6.17. The fraction of sp³-hybridized carbons (Fsp3) is 0.152. The number of carbonyl (C=O) groups is 2. The second kappa shape index (κ2) is 12.4. The summed E-state index contributed by atoms with van der Waals surface area (Å²) < 4.78 is 5.67. The van der Waals surface area contributed by atoms with Crippen molar-refractivity contribution in [3.63, 3.8) is 0 Å². The van der Waals surface area contributed by atoms with Crippen LogP contribution >= 0.6 is 11.8 Å².